The molecule has 0 aliphatic heterocycles. The number of halogens is 2. The largest absolute Gasteiger partial charge is 0.277 e. The van der Waals surface area contributed by atoms with Gasteiger partial charge in [0, 0.05) is 23.9 Å². The van der Waals surface area contributed by atoms with Gasteiger partial charge in [0.1, 0.15) is 22.2 Å². The Kier molecular flexibility index (Phi) is 4.78. The third-order valence-electron chi connectivity index (χ3n) is 3.74. The van der Waals surface area contributed by atoms with Gasteiger partial charge < -0.3 is 0 Å². The van der Waals surface area contributed by atoms with E-state index in [9.17, 15) is 17.2 Å². The van der Waals surface area contributed by atoms with Crippen LogP contribution in [0.3, 0.4) is 0 Å². The average molecular weight is 377 g/mol. The highest BCUT2D eigenvalue weighted by molar-refractivity contribution is 7.92. The summed E-state index contributed by atoms with van der Waals surface area (Å²) in [6.07, 6.45) is 1.40. The highest BCUT2D eigenvalue weighted by Crippen LogP contribution is 2.29. The van der Waals surface area contributed by atoms with Crippen molar-refractivity contribution in [3.05, 3.63) is 66.4 Å². The van der Waals surface area contributed by atoms with Gasteiger partial charge in [-0.2, -0.15) is 5.10 Å². The zero-order chi connectivity index (χ0) is 18.9. The Balaban J connectivity index is 2.09. The second-order valence-corrected chi connectivity index (χ2v) is 7.66. The Morgan fingerprint density at radius 3 is 2.38 bits per heavy atom. The first-order chi connectivity index (χ1) is 12.3. The number of rotatable bonds is 5. The lowest BCUT2D eigenvalue weighted by Crippen LogP contribution is -2.14. The highest BCUT2D eigenvalue weighted by atomic mass is 32.2. The maximum Gasteiger partial charge on any atom is 0.265 e. The molecular formula is C18H17F2N3O2S. The molecule has 5 nitrogen and oxygen atoms in total. The normalized spacial score (nSPS) is 11.7. The fraction of sp³-hybridized carbons (Fsp3) is 0.167. The minimum Gasteiger partial charge on any atom is -0.277 e. The van der Waals surface area contributed by atoms with Crippen LogP contribution in [0.25, 0.3) is 11.3 Å². The summed E-state index contributed by atoms with van der Waals surface area (Å²) in [7, 11) is -4.14. The summed E-state index contributed by atoms with van der Waals surface area (Å²) < 4.78 is 56.3. The van der Waals surface area contributed by atoms with Crippen molar-refractivity contribution in [3.8, 4) is 11.3 Å². The predicted octanol–water partition coefficient (Wildman–Crippen LogP) is 4.21. The van der Waals surface area contributed by atoms with Crippen LogP contribution >= 0.6 is 0 Å². The number of hydrogen-bond donors (Lipinski definition) is 1. The molecule has 3 rings (SSSR count). The molecule has 0 aliphatic rings. The van der Waals surface area contributed by atoms with Gasteiger partial charge in [0.2, 0.25) is 0 Å². The van der Waals surface area contributed by atoms with Crippen molar-refractivity contribution in [2.75, 3.05) is 4.72 Å². The maximum atomic E-state index is 13.9. The molecule has 136 valence electrons. The summed E-state index contributed by atoms with van der Waals surface area (Å²) in [6.45, 7) is 3.73. The van der Waals surface area contributed by atoms with Crippen LogP contribution in [0.4, 0.5) is 14.5 Å². The zero-order valence-electron chi connectivity index (χ0n) is 14.1. The number of nitrogens with zero attached hydrogens (tertiary/aromatic N) is 2. The SMILES string of the molecule is CC(C)n1cc(S(=O)(=O)Nc2ccc(F)cc2F)c(-c2ccccc2)n1. The van der Waals surface area contributed by atoms with E-state index in [1.807, 2.05) is 19.9 Å². The first kappa shape index (κ1) is 18.1. The van der Waals surface area contributed by atoms with Crippen LogP contribution in [-0.4, -0.2) is 18.2 Å². The van der Waals surface area contributed by atoms with Crippen molar-refractivity contribution >= 4 is 15.7 Å². The Morgan fingerprint density at radius 2 is 1.77 bits per heavy atom. The molecule has 26 heavy (non-hydrogen) atoms. The van der Waals surface area contributed by atoms with Gasteiger partial charge in [-0.25, -0.2) is 17.2 Å². The molecule has 0 aliphatic carbocycles. The first-order valence-corrected chi connectivity index (χ1v) is 9.38. The lowest BCUT2D eigenvalue weighted by Gasteiger charge is -2.09. The van der Waals surface area contributed by atoms with Crippen molar-refractivity contribution in [2.45, 2.75) is 24.8 Å². The summed E-state index contributed by atoms with van der Waals surface area (Å²) in [5, 5.41) is 4.37. The van der Waals surface area contributed by atoms with Crippen LogP contribution in [0.15, 0.2) is 59.6 Å². The molecule has 0 saturated heterocycles. The Hall–Kier alpha value is -2.74. The van der Waals surface area contributed by atoms with Crippen molar-refractivity contribution in [1.29, 1.82) is 0 Å². The summed E-state index contributed by atoms with van der Waals surface area (Å²) in [4.78, 5) is -0.0823. The van der Waals surface area contributed by atoms with E-state index in [2.05, 4.69) is 9.82 Å². The van der Waals surface area contributed by atoms with Gasteiger partial charge in [-0.15, -0.1) is 0 Å². The van der Waals surface area contributed by atoms with E-state index in [0.717, 1.165) is 12.1 Å². The topological polar surface area (TPSA) is 64.0 Å². The number of sulfonamides is 1. The van der Waals surface area contributed by atoms with Crippen molar-refractivity contribution < 1.29 is 17.2 Å². The lowest BCUT2D eigenvalue weighted by molar-refractivity contribution is 0.532. The predicted molar refractivity (Wildman–Crippen MR) is 95.2 cm³/mol. The van der Waals surface area contributed by atoms with Gasteiger partial charge >= 0.3 is 0 Å². The second-order valence-electron chi connectivity index (χ2n) is 6.01. The third-order valence-corrected chi connectivity index (χ3v) is 5.11. The minimum atomic E-state index is -4.14. The average Bonchev–Trinajstić information content (AvgIpc) is 3.05. The Morgan fingerprint density at radius 1 is 1.08 bits per heavy atom. The molecule has 0 atom stereocenters. The van der Waals surface area contributed by atoms with Gasteiger partial charge in [-0.1, -0.05) is 30.3 Å². The molecule has 1 aromatic heterocycles. The van der Waals surface area contributed by atoms with E-state index in [1.54, 1.807) is 24.3 Å². The molecule has 3 aromatic rings. The van der Waals surface area contributed by atoms with Crippen LogP contribution in [-0.2, 0) is 10.0 Å². The molecule has 0 unspecified atom stereocenters. The molecule has 0 fully saturated rings. The molecule has 0 amide bonds. The van der Waals surface area contributed by atoms with Gasteiger partial charge in [0.15, 0.2) is 0 Å². The molecule has 0 saturated carbocycles. The molecule has 2 aromatic carbocycles. The first-order valence-electron chi connectivity index (χ1n) is 7.90. The highest BCUT2D eigenvalue weighted by Gasteiger charge is 2.25. The van der Waals surface area contributed by atoms with Gasteiger partial charge in [-0.05, 0) is 26.0 Å². The van der Waals surface area contributed by atoms with E-state index in [-0.39, 0.29) is 22.3 Å². The third kappa shape index (κ3) is 3.60. The number of anilines is 1. The quantitative estimate of drug-likeness (QED) is 0.724. The minimum absolute atomic E-state index is 0.0658. The van der Waals surface area contributed by atoms with Crippen LogP contribution in [0.2, 0.25) is 0 Å². The monoisotopic (exact) mass is 377 g/mol. The van der Waals surface area contributed by atoms with E-state index in [1.165, 1.54) is 10.9 Å². The van der Waals surface area contributed by atoms with Crippen LogP contribution in [0.1, 0.15) is 19.9 Å². The fourth-order valence-electron chi connectivity index (χ4n) is 2.40. The maximum absolute atomic E-state index is 13.9. The summed E-state index contributed by atoms with van der Waals surface area (Å²) >= 11 is 0. The molecule has 0 radical (unpaired) electrons. The summed E-state index contributed by atoms with van der Waals surface area (Å²) in [5.74, 6) is -1.78. The summed E-state index contributed by atoms with van der Waals surface area (Å²) in [5.41, 5.74) is 0.545. The van der Waals surface area contributed by atoms with E-state index in [4.69, 9.17) is 0 Å². The summed E-state index contributed by atoms with van der Waals surface area (Å²) in [6, 6.07) is 11.4. The molecular weight excluding hydrogens is 360 g/mol. The van der Waals surface area contributed by atoms with E-state index < -0.39 is 21.7 Å². The van der Waals surface area contributed by atoms with Gasteiger partial charge in [0.05, 0.1) is 5.69 Å². The van der Waals surface area contributed by atoms with Crippen molar-refractivity contribution in [1.82, 2.24) is 9.78 Å². The Labute approximate surface area is 150 Å². The number of benzene rings is 2. The molecule has 1 N–H and O–H groups in total. The number of nitrogens with one attached hydrogen (secondary N) is 1. The molecule has 0 bridgehead atoms. The van der Waals surface area contributed by atoms with E-state index in [0.29, 0.717) is 11.6 Å². The van der Waals surface area contributed by atoms with Crippen molar-refractivity contribution in [2.24, 2.45) is 0 Å². The second kappa shape index (κ2) is 6.87. The van der Waals surface area contributed by atoms with Gasteiger partial charge in [0.25, 0.3) is 10.0 Å². The molecule has 0 spiro atoms. The van der Waals surface area contributed by atoms with Gasteiger partial charge in [-0.3, -0.25) is 9.40 Å². The number of aromatic nitrogens is 2. The Bertz CT molecular complexity index is 1030. The molecule has 1 heterocycles. The standard InChI is InChI=1S/C18H17F2N3O2S/c1-12(2)23-11-17(18(21-23)13-6-4-3-5-7-13)26(24,25)22-16-9-8-14(19)10-15(16)20/h3-12,22H,1-2H3. The van der Waals surface area contributed by atoms with Crippen LogP contribution in [0.5, 0.6) is 0 Å². The van der Waals surface area contributed by atoms with Crippen LogP contribution < -0.4 is 4.72 Å². The number of hydrogen-bond acceptors (Lipinski definition) is 3. The smallest absolute Gasteiger partial charge is 0.265 e. The fourth-order valence-corrected chi connectivity index (χ4v) is 3.63. The zero-order valence-corrected chi connectivity index (χ0v) is 15.0. The lowest BCUT2D eigenvalue weighted by atomic mass is 10.2. The van der Waals surface area contributed by atoms with E-state index >= 15 is 0 Å². The van der Waals surface area contributed by atoms with Crippen molar-refractivity contribution in [3.63, 3.8) is 0 Å². The van der Waals surface area contributed by atoms with Crippen LogP contribution in [0, 0.1) is 11.6 Å². The molecule has 8 heteroatoms.